The predicted molar refractivity (Wildman–Crippen MR) is 138 cm³/mol. The van der Waals surface area contributed by atoms with Crippen LogP contribution in [-0.4, -0.2) is 13.2 Å². The Morgan fingerprint density at radius 3 is 1.21 bits per heavy atom. The molecule has 2 aromatic carbocycles. The van der Waals surface area contributed by atoms with Crippen LogP contribution in [0.1, 0.15) is 0 Å². The zero-order valence-corrected chi connectivity index (χ0v) is 22.4. The molecule has 0 amide bonds. The van der Waals surface area contributed by atoms with Crippen LogP contribution >= 0.6 is 115 Å². The molecule has 2 rings (SSSR count). The molecule has 0 heterocycles. The molecule has 0 aromatic heterocycles. The molecule has 0 bridgehead atoms. The van der Waals surface area contributed by atoms with Crippen LogP contribution in [0.3, 0.4) is 0 Å². The molecule has 0 atom stereocenters. The van der Waals surface area contributed by atoms with Crippen molar-refractivity contribution < 1.29 is 9.47 Å². The summed E-state index contributed by atoms with van der Waals surface area (Å²) in [5.74, 6) is 6.45. The lowest BCUT2D eigenvalue weighted by Crippen LogP contribution is -1.94. The van der Waals surface area contributed by atoms with Gasteiger partial charge in [0.2, 0.25) is 0 Å². The highest BCUT2D eigenvalue weighted by Crippen LogP contribution is 2.34. The van der Waals surface area contributed by atoms with Crippen molar-refractivity contribution in [1.82, 2.24) is 0 Å². The highest BCUT2D eigenvalue weighted by molar-refractivity contribution is 14.1. The lowest BCUT2D eigenvalue weighted by molar-refractivity contribution is 0.370. The fraction of sp³-hybridized carbons (Fsp3) is 0.111. The maximum Gasteiger partial charge on any atom is 0.149 e. The minimum Gasteiger partial charge on any atom is -0.479 e. The van der Waals surface area contributed by atoms with E-state index < -0.39 is 0 Å². The van der Waals surface area contributed by atoms with Gasteiger partial charge in [-0.15, -0.1) is 0 Å². The highest BCUT2D eigenvalue weighted by Gasteiger charge is 2.07. The van der Waals surface area contributed by atoms with Gasteiger partial charge in [-0.2, -0.15) is 0 Å². The van der Waals surface area contributed by atoms with Gasteiger partial charge in [-0.3, -0.25) is 0 Å². The number of hydrogen-bond acceptors (Lipinski definition) is 2. The molecule has 0 spiro atoms. The van der Waals surface area contributed by atoms with E-state index in [1.807, 2.05) is 45.2 Å². The summed E-state index contributed by atoms with van der Waals surface area (Å²) in [6, 6.07) is 6.22. The van der Waals surface area contributed by atoms with E-state index in [-0.39, 0.29) is 13.2 Å². The summed E-state index contributed by atoms with van der Waals surface area (Å²) < 4.78 is 15.9. The van der Waals surface area contributed by atoms with Crippen LogP contribution in [0.4, 0.5) is 0 Å². The van der Waals surface area contributed by atoms with Crippen molar-refractivity contribution in [2.24, 2.45) is 0 Å². The van der Waals surface area contributed by atoms with Crippen molar-refractivity contribution in [2.75, 3.05) is 13.2 Å². The molecule has 0 fully saturated rings. The number of benzene rings is 2. The van der Waals surface area contributed by atoms with Crippen molar-refractivity contribution in [2.45, 2.75) is 0 Å². The van der Waals surface area contributed by atoms with Crippen LogP contribution in [-0.2, 0) is 0 Å². The van der Waals surface area contributed by atoms with Gasteiger partial charge in [-0.1, -0.05) is 81.4 Å². The van der Waals surface area contributed by atoms with Crippen LogP contribution in [0.15, 0.2) is 24.3 Å². The third-order valence-electron chi connectivity index (χ3n) is 2.68. The minimum absolute atomic E-state index is 0.278. The second kappa shape index (κ2) is 14.4. The highest BCUT2D eigenvalue weighted by atomic mass is 127. The first kappa shape index (κ1) is 26.4. The minimum atomic E-state index is 0.278. The molecule has 0 unspecified atom stereocenters. The number of hydrogen-bond donors (Lipinski definition) is 0. The Hall–Kier alpha value is 0.360. The van der Waals surface area contributed by atoms with E-state index in [0.717, 1.165) is 0 Å². The third kappa shape index (κ3) is 9.45. The number of ether oxygens (including phenoxy) is 2. The number of halogens is 8. The standard InChI is InChI=1S/2C9H4Cl3IO/c2*10-6-4-8(12)9(5-7(6)11)14-3-1-2-13/h2*4-5H,3H2. The van der Waals surface area contributed by atoms with Gasteiger partial charge in [-0.25, -0.2) is 0 Å². The van der Waals surface area contributed by atoms with Gasteiger partial charge in [0.25, 0.3) is 0 Å². The Morgan fingerprint density at radius 2 is 0.893 bits per heavy atom. The monoisotopic (exact) mass is 720 g/mol. The number of rotatable bonds is 4. The van der Waals surface area contributed by atoms with Crippen molar-refractivity contribution in [3.05, 3.63) is 54.4 Å². The topological polar surface area (TPSA) is 18.5 Å². The van der Waals surface area contributed by atoms with Crippen LogP contribution in [0.25, 0.3) is 0 Å². The quantitative estimate of drug-likeness (QED) is 0.179. The van der Waals surface area contributed by atoms with Gasteiger partial charge in [-0.05, 0) is 20.0 Å². The fourth-order valence-corrected chi connectivity index (χ4v) is 3.01. The lowest BCUT2D eigenvalue weighted by atomic mass is 10.3. The summed E-state index contributed by atoms with van der Waals surface area (Å²) >= 11 is 38.7. The molecular weight excluding hydrogens is 715 g/mol. The molecular formula is C18H8Cl6I2O2. The van der Waals surface area contributed by atoms with E-state index in [2.05, 4.69) is 19.7 Å². The molecule has 0 N–H and O–H groups in total. The summed E-state index contributed by atoms with van der Waals surface area (Å²) in [7, 11) is 0. The maximum absolute atomic E-state index is 5.86. The molecule has 0 aliphatic carbocycles. The van der Waals surface area contributed by atoms with Crippen molar-refractivity contribution in [1.29, 1.82) is 0 Å². The Kier molecular flexibility index (Phi) is 13.6. The van der Waals surface area contributed by atoms with E-state index in [1.54, 1.807) is 12.1 Å². The molecule has 10 heteroatoms. The molecule has 0 saturated heterocycles. The van der Waals surface area contributed by atoms with E-state index in [9.17, 15) is 0 Å². The van der Waals surface area contributed by atoms with Crippen molar-refractivity contribution in [3.8, 4) is 31.2 Å². The average Bonchev–Trinajstić information content (AvgIpc) is 2.64. The first-order chi connectivity index (χ1) is 13.3. The molecule has 2 nitrogen and oxygen atoms in total. The van der Waals surface area contributed by atoms with E-state index in [4.69, 9.17) is 79.1 Å². The van der Waals surface area contributed by atoms with Gasteiger partial charge in [0.1, 0.15) is 24.7 Å². The smallest absolute Gasteiger partial charge is 0.149 e. The van der Waals surface area contributed by atoms with Gasteiger partial charge in [0.05, 0.1) is 30.1 Å². The maximum atomic E-state index is 5.86. The van der Waals surface area contributed by atoms with Gasteiger partial charge < -0.3 is 9.47 Å². The summed E-state index contributed by atoms with van der Waals surface area (Å²) in [5.41, 5.74) is 0. The fourth-order valence-electron chi connectivity index (χ4n) is 1.51. The summed E-state index contributed by atoms with van der Waals surface area (Å²) in [5, 5.41) is 2.49. The molecule has 0 aliphatic heterocycles. The van der Waals surface area contributed by atoms with Gasteiger partial charge in [0.15, 0.2) is 0 Å². The first-order valence-electron chi connectivity index (χ1n) is 7.01. The molecule has 0 saturated carbocycles. The Morgan fingerprint density at radius 1 is 0.571 bits per heavy atom. The predicted octanol–water partition coefficient (Wildman–Crippen LogP) is 8.84. The lowest BCUT2D eigenvalue weighted by Gasteiger charge is -2.05. The third-order valence-corrected chi connectivity index (χ3v) is 5.48. The second-order valence-corrected chi connectivity index (χ2v) is 8.04. The van der Waals surface area contributed by atoms with Crippen LogP contribution in [0, 0.1) is 19.7 Å². The molecule has 2 aromatic rings. The van der Waals surface area contributed by atoms with E-state index in [0.29, 0.717) is 41.6 Å². The molecule has 0 aliphatic rings. The zero-order chi connectivity index (χ0) is 21.1. The zero-order valence-electron chi connectivity index (χ0n) is 13.6. The Balaban J connectivity index is 0.000000280. The normalized spacial score (nSPS) is 9.14. The molecule has 28 heavy (non-hydrogen) atoms. The summed E-state index contributed by atoms with van der Waals surface area (Å²) in [4.78, 5) is 0. The van der Waals surface area contributed by atoms with Crippen LogP contribution in [0.5, 0.6) is 11.5 Å². The Labute approximate surface area is 220 Å². The van der Waals surface area contributed by atoms with Gasteiger partial charge in [0, 0.05) is 57.3 Å². The van der Waals surface area contributed by atoms with E-state index >= 15 is 0 Å². The molecule has 148 valence electrons. The molecule has 0 radical (unpaired) electrons. The van der Waals surface area contributed by atoms with Crippen LogP contribution in [0.2, 0.25) is 30.1 Å². The van der Waals surface area contributed by atoms with E-state index in [1.165, 1.54) is 12.1 Å². The van der Waals surface area contributed by atoms with Crippen LogP contribution < -0.4 is 9.47 Å². The second-order valence-electron chi connectivity index (χ2n) is 4.51. The SMILES string of the molecule is Clc1cc(Cl)c(OCC#CI)cc1Cl.Clc1cc(Cl)c(OCC#CI)cc1Cl. The summed E-state index contributed by atoms with van der Waals surface area (Å²) in [6.07, 6.45) is 0. The largest absolute Gasteiger partial charge is 0.479 e. The summed E-state index contributed by atoms with van der Waals surface area (Å²) in [6.45, 7) is 0.557. The van der Waals surface area contributed by atoms with Crippen molar-refractivity contribution >= 4 is 115 Å². The average molecular weight is 723 g/mol. The Bertz CT molecular complexity index is 868. The first-order valence-corrected chi connectivity index (χ1v) is 11.4. The van der Waals surface area contributed by atoms with Crippen molar-refractivity contribution in [3.63, 3.8) is 0 Å². The van der Waals surface area contributed by atoms with Gasteiger partial charge >= 0.3 is 0 Å².